The molecule has 3 aromatic rings. The van der Waals surface area contributed by atoms with Crippen LogP contribution in [-0.2, 0) is 6.42 Å². The van der Waals surface area contributed by atoms with Crippen molar-refractivity contribution in [1.29, 1.82) is 0 Å². The Bertz CT molecular complexity index is 1380. The third-order valence-corrected chi connectivity index (χ3v) is 7.71. The van der Waals surface area contributed by atoms with E-state index in [-0.39, 0.29) is 11.4 Å². The fraction of sp³-hybridized carbons (Fsp3) is 0.345. The second kappa shape index (κ2) is 9.41. The minimum absolute atomic E-state index is 0.0467. The number of fused-ring (bicyclic) bond motifs is 1. The van der Waals surface area contributed by atoms with Crippen molar-refractivity contribution >= 4 is 17.2 Å². The number of nitrogens with one attached hydrogen (secondary N) is 1. The summed E-state index contributed by atoms with van der Waals surface area (Å²) in [7, 11) is 0. The Balaban J connectivity index is 1.29. The third kappa shape index (κ3) is 4.66. The molecule has 1 aliphatic carbocycles. The molecule has 0 amide bonds. The largest absolute Gasteiger partial charge is 0.385 e. The molecule has 6 rings (SSSR count). The highest BCUT2D eigenvalue weighted by molar-refractivity contribution is 5.82. The van der Waals surface area contributed by atoms with E-state index in [1.54, 1.807) is 12.1 Å². The van der Waals surface area contributed by atoms with Gasteiger partial charge in [0, 0.05) is 61.7 Å². The average Bonchev–Trinajstić information content (AvgIpc) is 3.68. The fourth-order valence-electron chi connectivity index (χ4n) is 5.50. The molecule has 1 saturated heterocycles. The number of aromatic nitrogens is 1. The van der Waals surface area contributed by atoms with Gasteiger partial charge in [0.25, 0.3) is 0 Å². The predicted molar refractivity (Wildman–Crippen MR) is 142 cm³/mol. The third-order valence-electron chi connectivity index (χ3n) is 7.71. The molecule has 2 fully saturated rings. The van der Waals surface area contributed by atoms with E-state index in [1.807, 2.05) is 11.0 Å². The predicted octanol–water partition coefficient (Wildman–Crippen LogP) is 5.06. The van der Waals surface area contributed by atoms with E-state index in [0.717, 1.165) is 44.2 Å². The quantitative estimate of drug-likeness (QED) is 0.475. The second-order valence-corrected chi connectivity index (χ2v) is 10.3. The van der Waals surface area contributed by atoms with Gasteiger partial charge >= 0.3 is 0 Å². The highest BCUT2D eigenvalue weighted by Gasteiger charge is 2.27. The van der Waals surface area contributed by atoms with Crippen molar-refractivity contribution in [3.05, 3.63) is 71.7 Å². The maximum atomic E-state index is 15.3. The number of nitrogen functional groups attached to an aromatic ring is 1. The summed E-state index contributed by atoms with van der Waals surface area (Å²) in [5, 5.41) is 3.07. The van der Waals surface area contributed by atoms with E-state index in [9.17, 15) is 8.78 Å². The molecule has 0 bridgehead atoms. The van der Waals surface area contributed by atoms with Gasteiger partial charge in [-0.05, 0) is 66.1 Å². The van der Waals surface area contributed by atoms with Crippen LogP contribution in [0.1, 0.15) is 24.0 Å². The zero-order valence-corrected chi connectivity index (χ0v) is 20.7. The number of nitrogens with zero attached hydrogens (tertiary/aromatic N) is 3. The van der Waals surface area contributed by atoms with Crippen molar-refractivity contribution in [3.63, 3.8) is 0 Å². The zero-order valence-electron chi connectivity index (χ0n) is 20.7. The number of hydrogen-bond acceptors (Lipinski definition) is 5. The van der Waals surface area contributed by atoms with Crippen LogP contribution < -0.4 is 16.0 Å². The molecule has 37 heavy (non-hydrogen) atoms. The summed E-state index contributed by atoms with van der Waals surface area (Å²) in [6, 6.07) is 9.48. The van der Waals surface area contributed by atoms with E-state index in [1.165, 1.54) is 31.0 Å². The lowest BCUT2D eigenvalue weighted by atomic mass is 9.92. The van der Waals surface area contributed by atoms with Gasteiger partial charge in [-0.3, -0.25) is 4.90 Å². The normalized spacial score (nSPS) is 18.0. The molecule has 3 heterocycles. The Labute approximate surface area is 214 Å². The Morgan fingerprint density at radius 1 is 0.946 bits per heavy atom. The lowest BCUT2D eigenvalue weighted by molar-refractivity contribution is 0.247. The van der Waals surface area contributed by atoms with Gasteiger partial charge in [-0.25, -0.2) is 13.8 Å². The molecule has 0 spiro atoms. The maximum absolute atomic E-state index is 15.3. The Kier molecular flexibility index (Phi) is 6.07. The molecule has 1 saturated carbocycles. The maximum Gasteiger partial charge on any atom is 0.222 e. The first-order valence-corrected chi connectivity index (χ1v) is 12.9. The Hall–Kier alpha value is -3.52. The van der Waals surface area contributed by atoms with E-state index in [4.69, 9.17) is 5.73 Å². The van der Waals surface area contributed by atoms with Gasteiger partial charge in [-0.2, -0.15) is 4.39 Å². The van der Waals surface area contributed by atoms with Crippen LogP contribution in [0.5, 0.6) is 0 Å². The summed E-state index contributed by atoms with van der Waals surface area (Å²) in [6.07, 6.45) is 3.27. The monoisotopic (exact) mass is 505 g/mol. The van der Waals surface area contributed by atoms with Gasteiger partial charge in [0.15, 0.2) is 0 Å². The molecule has 2 aromatic carbocycles. The molecule has 0 atom stereocenters. The molecular formula is C29H30F3N5. The van der Waals surface area contributed by atoms with E-state index in [2.05, 4.69) is 21.8 Å². The van der Waals surface area contributed by atoms with Crippen LogP contribution in [0.25, 0.3) is 28.0 Å². The Morgan fingerprint density at radius 3 is 2.43 bits per heavy atom. The highest BCUT2D eigenvalue weighted by atomic mass is 19.1. The molecule has 5 nitrogen and oxygen atoms in total. The summed E-state index contributed by atoms with van der Waals surface area (Å²) in [6.45, 7) is 9.03. The summed E-state index contributed by atoms with van der Waals surface area (Å²) in [5.74, 6) is -0.836. The van der Waals surface area contributed by atoms with Gasteiger partial charge in [0.05, 0.1) is 5.69 Å². The van der Waals surface area contributed by atoms with E-state index >= 15 is 4.39 Å². The van der Waals surface area contributed by atoms with Crippen LogP contribution in [0.4, 0.5) is 24.7 Å². The van der Waals surface area contributed by atoms with E-state index in [0.29, 0.717) is 46.6 Å². The molecule has 8 heteroatoms. The van der Waals surface area contributed by atoms with Gasteiger partial charge in [-0.1, -0.05) is 18.7 Å². The fourth-order valence-corrected chi connectivity index (χ4v) is 5.50. The second-order valence-electron chi connectivity index (χ2n) is 10.3. The van der Waals surface area contributed by atoms with Crippen molar-refractivity contribution in [3.8, 4) is 22.3 Å². The SMILES string of the molecule is C=C1NCCc2cc(-c3cc(-c4ccc(N5CCN(CC6CC6)CC5)c(F)c4)c(F)nc3N)cc(F)c21. The number of nitrogens with two attached hydrogens (primary N) is 1. The van der Waals surface area contributed by atoms with Crippen LogP contribution >= 0.6 is 0 Å². The molecule has 192 valence electrons. The molecule has 3 aliphatic rings. The van der Waals surface area contributed by atoms with Gasteiger partial charge < -0.3 is 16.0 Å². The summed E-state index contributed by atoms with van der Waals surface area (Å²) in [4.78, 5) is 8.38. The number of benzene rings is 2. The number of hydrogen-bond donors (Lipinski definition) is 2. The van der Waals surface area contributed by atoms with Crippen LogP contribution in [0.2, 0.25) is 0 Å². The van der Waals surface area contributed by atoms with Crippen molar-refractivity contribution < 1.29 is 13.2 Å². The summed E-state index contributed by atoms with van der Waals surface area (Å²) < 4.78 is 45.2. The van der Waals surface area contributed by atoms with Crippen molar-refractivity contribution in [2.75, 3.05) is 49.9 Å². The number of anilines is 2. The van der Waals surface area contributed by atoms with E-state index < -0.39 is 17.6 Å². The minimum Gasteiger partial charge on any atom is -0.385 e. The molecule has 1 aromatic heterocycles. The standard InChI is InChI=1S/C29H30F3N5/c1-17-27-20(6-7-34-17)12-21(14-25(27)31)23-15-22(28(32)35-29(23)33)19-4-5-26(24(30)13-19)37-10-8-36(9-11-37)16-18-2-3-18/h4-5,12-15,18,34H,1-3,6-11,16H2,(H2,33,35). The first kappa shape index (κ1) is 23.9. The van der Waals surface area contributed by atoms with Gasteiger partial charge in [0.2, 0.25) is 5.95 Å². The van der Waals surface area contributed by atoms with Crippen molar-refractivity contribution in [1.82, 2.24) is 15.2 Å². The van der Waals surface area contributed by atoms with Crippen LogP contribution in [0.15, 0.2) is 43.0 Å². The number of rotatable bonds is 5. The highest BCUT2D eigenvalue weighted by Crippen LogP contribution is 2.36. The molecule has 0 unspecified atom stereocenters. The lowest BCUT2D eigenvalue weighted by Gasteiger charge is -2.36. The number of pyridine rings is 1. The van der Waals surface area contributed by atoms with Gasteiger partial charge in [0.1, 0.15) is 17.5 Å². The van der Waals surface area contributed by atoms with Crippen molar-refractivity contribution in [2.45, 2.75) is 19.3 Å². The van der Waals surface area contributed by atoms with Crippen LogP contribution in [0, 0.1) is 23.5 Å². The van der Waals surface area contributed by atoms with Crippen molar-refractivity contribution in [2.24, 2.45) is 5.92 Å². The topological polar surface area (TPSA) is 57.4 Å². The molecule has 3 N–H and O–H groups in total. The summed E-state index contributed by atoms with van der Waals surface area (Å²) >= 11 is 0. The Morgan fingerprint density at radius 2 is 1.70 bits per heavy atom. The molecule has 0 radical (unpaired) electrons. The van der Waals surface area contributed by atoms with Crippen LogP contribution in [-0.4, -0.2) is 49.2 Å². The number of piperazine rings is 1. The first-order chi connectivity index (χ1) is 17.9. The molecule has 2 aliphatic heterocycles. The zero-order chi connectivity index (χ0) is 25.7. The minimum atomic E-state index is -0.793. The van der Waals surface area contributed by atoms with Crippen LogP contribution in [0.3, 0.4) is 0 Å². The van der Waals surface area contributed by atoms with Gasteiger partial charge in [-0.15, -0.1) is 0 Å². The lowest BCUT2D eigenvalue weighted by Crippen LogP contribution is -2.47. The number of halogens is 3. The average molecular weight is 506 g/mol. The smallest absolute Gasteiger partial charge is 0.222 e. The first-order valence-electron chi connectivity index (χ1n) is 12.9. The molecular weight excluding hydrogens is 475 g/mol. The summed E-state index contributed by atoms with van der Waals surface area (Å²) in [5.41, 5.74) is 9.75.